The standard InChI is InChI=1S/C10H10ClN3O/c1-14(2)6-3-4-8-7(5-6)9(15)13-10(11)12-8/h3-5H,1-2H3,(H,12,13,15). The van der Waals surface area contributed by atoms with Crippen LogP contribution in [-0.4, -0.2) is 24.1 Å². The number of H-pyrrole nitrogens is 1. The van der Waals surface area contributed by atoms with Gasteiger partial charge in [0.05, 0.1) is 10.9 Å². The molecule has 78 valence electrons. The number of aromatic amines is 1. The minimum Gasteiger partial charge on any atom is -0.378 e. The van der Waals surface area contributed by atoms with E-state index in [0.717, 1.165) is 5.69 Å². The SMILES string of the molecule is CN(C)c1ccc2nc(Cl)[nH]c(=O)c2c1. The van der Waals surface area contributed by atoms with E-state index >= 15 is 0 Å². The lowest BCUT2D eigenvalue weighted by molar-refractivity contribution is 1.13. The van der Waals surface area contributed by atoms with Gasteiger partial charge in [-0.2, -0.15) is 0 Å². The third-order valence-corrected chi connectivity index (χ3v) is 2.36. The largest absolute Gasteiger partial charge is 0.378 e. The number of aromatic nitrogens is 2. The van der Waals surface area contributed by atoms with Crippen molar-refractivity contribution in [3.8, 4) is 0 Å². The van der Waals surface area contributed by atoms with Crippen LogP contribution in [-0.2, 0) is 0 Å². The first-order chi connectivity index (χ1) is 7.08. The molecule has 1 N–H and O–H groups in total. The third-order valence-electron chi connectivity index (χ3n) is 2.18. The van der Waals surface area contributed by atoms with Crippen LogP contribution in [0, 0.1) is 0 Å². The van der Waals surface area contributed by atoms with Gasteiger partial charge in [0.1, 0.15) is 0 Å². The molecule has 2 aromatic rings. The van der Waals surface area contributed by atoms with E-state index in [1.165, 1.54) is 0 Å². The van der Waals surface area contributed by atoms with Crippen molar-refractivity contribution in [3.05, 3.63) is 33.8 Å². The Morgan fingerprint density at radius 1 is 1.40 bits per heavy atom. The molecule has 0 amide bonds. The first kappa shape index (κ1) is 9.98. The molecule has 0 radical (unpaired) electrons. The van der Waals surface area contributed by atoms with E-state index in [4.69, 9.17) is 11.6 Å². The minimum absolute atomic E-state index is 0.116. The molecule has 4 nitrogen and oxygen atoms in total. The summed E-state index contributed by atoms with van der Waals surface area (Å²) >= 11 is 5.65. The zero-order valence-corrected chi connectivity index (χ0v) is 9.17. The van der Waals surface area contributed by atoms with E-state index in [1.54, 1.807) is 12.1 Å². The highest BCUT2D eigenvalue weighted by atomic mass is 35.5. The Balaban J connectivity index is 2.77. The molecular weight excluding hydrogens is 214 g/mol. The lowest BCUT2D eigenvalue weighted by Gasteiger charge is -2.12. The topological polar surface area (TPSA) is 49.0 Å². The number of hydrogen-bond acceptors (Lipinski definition) is 3. The Hall–Kier alpha value is -1.55. The second kappa shape index (κ2) is 3.55. The van der Waals surface area contributed by atoms with Crippen molar-refractivity contribution in [1.82, 2.24) is 9.97 Å². The van der Waals surface area contributed by atoms with Crippen molar-refractivity contribution in [2.45, 2.75) is 0 Å². The number of fused-ring (bicyclic) bond motifs is 1. The Kier molecular flexibility index (Phi) is 2.36. The summed E-state index contributed by atoms with van der Waals surface area (Å²) in [6, 6.07) is 5.47. The molecule has 1 heterocycles. The molecular formula is C10H10ClN3O. The fourth-order valence-electron chi connectivity index (χ4n) is 1.38. The summed E-state index contributed by atoms with van der Waals surface area (Å²) < 4.78 is 0. The van der Waals surface area contributed by atoms with Gasteiger partial charge in [-0.25, -0.2) is 4.98 Å². The predicted molar refractivity (Wildman–Crippen MR) is 61.7 cm³/mol. The quantitative estimate of drug-likeness (QED) is 0.748. The number of anilines is 1. The third kappa shape index (κ3) is 1.80. The van der Waals surface area contributed by atoms with Crippen molar-refractivity contribution < 1.29 is 0 Å². The zero-order valence-electron chi connectivity index (χ0n) is 8.41. The van der Waals surface area contributed by atoms with E-state index in [-0.39, 0.29) is 10.8 Å². The van der Waals surface area contributed by atoms with E-state index in [9.17, 15) is 4.79 Å². The van der Waals surface area contributed by atoms with Crippen molar-refractivity contribution in [2.24, 2.45) is 0 Å². The van der Waals surface area contributed by atoms with E-state index < -0.39 is 0 Å². The average Bonchev–Trinajstić information content (AvgIpc) is 2.16. The Morgan fingerprint density at radius 3 is 2.80 bits per heavy atom. The van der Waals surface area contributed by atoms with Gasteiger partial charge in [-0.3, -0.25) is 9.78 Å². The zero-order chi connectivity index (χ0) is 11.0. The second-order valence-electron chi connectivity index (χ2n) is 3.45. The first-order valence-electron chi connectivity index (χ1n) is 4.45. The van der Waals surface area contributed by atoms with Gasteiger partial charge in [0.25, 0.3) is 5.56 Å². The molecule has 0 saturated carbocycles. The van der Waals surface area contributed by atoms with E-state index in [2.05, 4.69) is 9.97 Å². The summed E-state index contributed by atoms with van der Waals surface area (Å²) in [5.41, 5.74) is 1.35. The second-order valence-corrected chi connectivity index (χ2v) is 3.81. The highest BCUT2D eigenvalue weighted by Crippen LogP contribution is 2.17. The molecule has 5 heteroatoms. The molecule has 1 aromatic carbocycles. The minimum atomic E-state index is -0.214. The summed E-state index contributed by atoms with van der Waals surface area (Å²) in [5.74, 6) is 0. The summed E-state index contributed by atoms with van der Waals surface area (Å²) in [6.07, 6.45) is 0. The average molecular weight is 224 g/mol. The van der Waals surface area contributed by atoms with Crippen LogP contribution < -0.4 is 10.5 Å². The number of hydrogen-bond donors (Lipinski definition) is 1. The summed E-state index contributed by atoms with van der Waals surface area (Å²) in [4.78, 5) is 20.0. The van der Waals surface area contributed by atoms with Crippen LogP contribution in [0.15, 0.2) is 23.0 Å². The monoisotopic (exact) mass is 223 g/mol. The molecule has 2 rings (SSSR count). The molecule has 0 aliphatic heterocycles. The van der Waals surface area contributed by atoms with Gasteiger partial charge in [0, 0.05) is 19.8 Å². The highest BCUT2D eigenvalue weighted by molar-refractivity contribution is 6.28. The van der Waals surface area contributed by atoms with Crippen molar-refractivity contribution >= 4 is 28.2 Å². The molecule has 0 bridgehead atoms. The van der Waals surface area contributed by atoms with Crippen molar-refractivity contribution in [3.63, 3.8) is 0 Å². The molecule has 0 unspecified atom stereocenters. The smallest absolute Gasteiger partial charge is 0.259 e. The van der Waals surface area contributed by atoms with E-state index in [1.807, 2.05) is 25.1 Å². The molecule has 0 saturated heterocycles. The molecule has 0 atom stereocenters. The normalized spacial score (nSPS) is 10.6. The fraction of sp³-hybridized carbons (Fsp3) is 0.200. The summed E-state index contributed by atoms with van der Waals surface area (Å²) in [6.45, 7) is 0. The Morgan fingerprint density at radius 2 is 2.13 bits per heavy atom. The van der Waals surface area contributed by atoms with Gasteiger partial charge >= 0.3 is 0 Å². The fourth-order valence-corrected chi connectivity index (χ4v) is 1.55. The number of halogens is 1. The van der Waals surface area contributed by atoms with E-state index in [0.29, 0.717) is 10.9 Å². The molecule has 0 fully saturated rings. The van der Waals surface area contributed by atoms with Crippen LogP contribution in [0.4, 0.5) is 5.69 Å². The van der Waals surface area contributed by atoms with Gasteiger partial charge in [0.2, 0.25) is 5.28 Å². The van der Waals surface area contributed by atoms with Crippen molar-refractivity contribution in [2.75, 3.05) is 19.0 Å². The Bertz CT molecular complexity index is 562. The molecule has 15 heavy (non-hydrogen) atoms. The number of nitrogens with one attached hydrogen (secondary N) is 1. The maximum atomic E-state index is 11.6. The highest BCUT2D eigenvalue weighted by Gasteiger charge is 2.04. The maximum Gasteiger partial charge on any atom is 0.259 e. The molecule has 0 aliphatic carbocycles. The first-order valence-corrected chi connectivity index (χ1v) is 4.82. The van der Waals surface area contributed by atoms with Gasteiger partial charge in [0.15, 0.2) is 0 Å². The maximum absolute atomic E-state index is 11.6. The van der Waals surface area contributed by atoms with Gasteiger partial charge in [-0.05, 0) is 29.8 Å². The summed E-state index contributed by atoms with van der Waals surface area (Å²) in [5, 5.41) is 0.663. The number of benzene rings is 1. The van der Waals surface area contributed by atoms with Gasteiger partial charge in [-0.1, -0.05) is 0 Å². The van der Waals surface area contributed by atoms with Gasteiger partial charge in [-0.15, -0.1) is 0 Å². The number of nitrogens with zero attached hydrogens (tertiary/aromatic N) is 2. The van der Waals surface area contributed by atoms with Crippen LogP contribution in [0.1, 0.15) is 0 Å². The molecule has 1 aromatic heterocycles. The molecule has 0 aliphatic rings. The van der Waals surface area contributed by atoms with Gasteiger partial charge < -0.3 is 4.90 Å². The van der Waals surface area contributed by atoms with Crippen LogP contribution in [0.3, 0.4) is 0 Å². The Labute approximate surface area is 91.5 Å². The number of rotatable bonds is 1. The van der Waals surface area contributed by atoms with Crippen molar-refractivity contribution in [1.29, 1.82) is 0 Å². The van der Waals surface area contributed by atoms with Crippen LogP contribution in [0.5, 0.6) is 0 Å². The summed E-state index contributed by atoms with van der Waals surface area (Å²) in [7, 11) is 3.83. The lowest BCUT2D eigenvalue weighted by Crippen LogP contribution is -2.11. The molecule has 0 spiro atoms. The van der Waals surface area contributed by atoms with Crippen LogP contribution in [0.2, 0.25) is 5.28 Å². The van der Waals surface area contributed by atoms with Crippen LogP contribution in [0.25, 0.3) is 10.9 Å². The predicted octanol–water partition coefficient (Wildman–Crippen LogP) is 1.64. The van der Waals surface area contributed by atoms with Crippen LogP contribution >= 0.6 is 11.6 Å². The lowest BCUT2D eigenvalue weighted by atomic mass is 10.2.